The van der Waals surface area contributed by atoms with E-state index in [2.05, 4.69) is 14.6 Å². The Morgan fingerprint density at radius 1 is 1.21 bits per heavy atom. The number of carboxylic acid groups (broad SMARTS) is 1. The summed E-state index contributed by atoms with van der Waals surface area (Å²) in [6, 6.07) is 7.21. The van der Waals surface area contributed by atoms with Crippen LogP contribution in [0.25, 0.3) is 11.3 Å². The van der Waals surface area contributed by atoms with Gasteiger partial charge in [0.1, 0.15) is 0 Å². The molecule has 1 aromatic heterocycles. The molecule has 2 fully saturated rings. The molecule has 1 aliphatic carbocycles. The first-order valence-corrected chi connectivity index (χ1v) is 10.9. The molecule has 8 nitrogen and oxygen atoms in total. The summed E-state index contributed by atoms with van der Waals surface area (Å²) < 4.78 is 42.8. The molecule has 182 valence electrons. The number of esters is 1. The van der Waals surface area contributed by atoms with Gasteiger partial charge in [-0.15, -0.1) is 0 Å². The van der Waals surface area contributed by atoms with Gasteiger partial charge < -0.3 is 25.5 Å². The number of benzene rings is 1. The molecule has 0 amide bonds. The number of ether oxygens (including phenoxy) is 1. The molecule has 2 aromatic rings. The fraction of sp³-hybridized carbons (Fsp3) is 0.435. The van der Waals surface area contributed by atoms with Crippen LogP contribution in [0.1, 0.15) is 35.7 Å². The fourth-order valence-electron chi connectivity index (χ4n) is 5.02. The molecule has 1 aliphatic heterocycles. The van der Waals surface area contributed by atoms with Gasteiger partial charge in [-0.3, -0.25) is 4.79 Å². The predicted octanol–water partition coefficient (Wildman–Crippen LogP) is 2.94. The van der Waals surface area contributed by atoms with Gasteiger partial charge in [0.15, 0.2) is 11.3 Å². The van der Waals surface area contributed by atoms with Crippen molar-refractivity contribution in [2.45, 2.75) is 38.4 Å². The standard InChI is InChI=1S/C23H24F3N3O5/c1-2-14-18(28-20(30)17(21(31)32)19(14)34-22(33)23(24,25)26)11-3-6-13(7-4-11)29-9-12-5-8-16(27)15(12)10-29/h3-4,6-7,12,15-16H,2,5,8-10,27H2,1H3,(H,28,30)(H,31,32)/t12-,15+,16+/m1/s1. The molecule has 11 heteroatoms. The Morgan fingerprint density at radius 3 is 2.44 bits per heavy atom. The highest BCUT2D eigenvalue weighted by atomic mass is 19.4. The van der Waals surface area contributed by atoms with Gasteiger partial charge in [0.25, 0.3) is 5.56 Å². The number of nitrogens with two attached hydrogens (primary N) is 1. The molecule has 1 aromatic carbocycles. The maximum Gasteiger partial charge on any atom is 0.491 e. The summed E-state index contributed by atoms with van der Waals surface area (Å²) in [5.41, 5.74) is 5.42. The van der Waals surface area contributed by atoms with E-state index in [9.17, 15) is 32.7 Å². The number of hydrogen-bond acceptors (Lipinski definition) is 6. The summed E-state index contributed by atoms with van der Waals surface area (Å²) >= 11 is 0. The average molecular weight is 479 g/mol. The van der Waals surface area contributed by atoms with E-state index in [-0.39, 0.29) is 23.7 Å². The second-order valence-electron chi connectivity index (χ2n) is 8.67. The third-order valence-electron chi connectivity index (χ3n) is 6.70. The van der Waals surface area contributed by atoms with E-state index in [4.69, 9.17) is 5.73 Å². The third-order valence-corrected chi connectivity index (χ3v) is 6.70. The zero-order chi connectivity index (χ0) is 24.8. The Kier molecular flexibility index (Phi) is 6.15. The smallest absolute Gasteiger partial charge is 0.477 e. The van der Waals surface area contributed by atoms with E-state index in [0.717, 1.165) is 31.6 Å². The number of hydrogen-bond donors (Lipinski definition) is 3. The summed E-state index contributed by atoms with van der Waals surface area (Å²) in [5.74, 6) is -4.32. The summed E-state index contributed by atoms with van der Waals surface area (Å²) in [5, 5.41) is 9.38. The number of nitrogens with zero attached hydrogens (tertiary/aromatic N) is 1. The molecule has 0 unspecified atom stereocenters. The molecule has 34 heavy (non-hydrogen) atoms. The molecule has 2 aliphatic rings. The lowest BCUT2D eigenvalue weighted by molar-refractivity contribution is -0.189. The Labute approximate surface area is 192 Å². The Morgan fingerprint density at radius 2 is 1.88 bits per heavy atom. The van der Waals surface area contributed by atoms with Gasteiger partial charge >= 0.3 is 18.1 Å². The summed E-state index contributed by atoms with van der Waals surface area (Å²) in [7, 11) is 0. The number of alkyl halides is 3. The van der Waals surface area contributed by atoms with Crippen LogP contribution in [-0.2, 0) is 11.2 Å². The van der Waals surface area contributed by atoms with Crippen LogP contribution in [0, 0.1) is 11.8 Å². The van der Waals surface area contributed by atoms with Crippen LogP contribution in [0.15, 0.2) is 29.1 Å². The first-order valence-electron chi connectivity index (χ1n) is 10.9. The summed E-state index contributed by atoms with van der Waals surface area (Å²) in [6.07, 6.45) is -3.23. The van der Waals surface area contributed by atoms with Crippen molar-refractivity contribution < 1.29 is 32.6 Å². The van der Waals surface area contributed by atoms with Crippen LogP contribution in [0.2, 0.25) is 0 Å². The number of aromatic amines is 1. The number of anilines is 1. The van der Waals surface area contributed by atoms with Crippen molar-refractivity contribution >= 4 is 17.6 Å². The average Bonchev–Trinajstić information content (AvgIpc) is 3.34. The molecule has 3 atom stereocenters. The van der Waals surface area contributed by atoms with Gasteiger partial charge in [-0.2, -0.15) is 13.2 Å². The van der Waals surface area contributed by atoms with Crippen LogP contribution in [0.4, 0.5) is 18.9 Å². The number of fused-ring (bicyclic) bond motifs is 1. The number of rotatable bonds is 5. The number of H-pyrrole nitrogens is 1. The minimum Gasteiger partial charge on any atom is -0.477 e. The Hall–Kier alpha value is -3.34. The first-order chi connectivity index (χ1) is 16.0. The van der Waals surface area contributed by atoms with Gasteiger partial charge in [-0.1, -0.05) is 19.1 Å². The highest BCUT2D eigenvalue weighted by Crippen LogP contribution is 2.40. The van der Waals surface area contributed by atoms with Crippen molar-refractivity contribution in [2.24, 2.45) is 17.6 Å². The highest BCUT2D eigenvalue weighted by molar-refractivity contribution is 5.94. The van der Waals surface area contributed by atoms with Crippen LogP contribution in [0.5, 0.6) is 5.75 Å². The Bertz CT molecular complexity index is 1180. The molecule has 1 saturated heterocycles. The van der Waals surface area contributed by atoms with Gasteiger partial charge in [-0.25, -0.2) is 9.59 Å². The van der Waals surface area contributed by atoms with Crippen LogP contribution < -0.4 is 20.9 Å². The first kappa shape index (κ1) is 23.8. The number of halogens is 3. The fourth-order valence-corrected chi connectivity index (χ4v) is 5.02. The van der Waals surface area contributed by atoms with Crippen molar-refractivity contribution in [3.8, 4) is 17.0 Å². The maximum atomic E-state index is 12.8. The monoisotopic (exact) mass is 479 g/mol. The largest absolute Gasteiger partial charge is 0.491 e. The minimum atomic E-state index is -5.36. The lowest BCUT2D eigenvalue weighted by Crippen LogP contribution is -2.31. The molecule has 0 bridgehead atoms. The van der Waals surface area contributed by atoms with E-state index in [1.807, 2.05) is 12.1 Å². The summed E-state index contributed by atoms with van der Waals surface area (Å²) in [6.45, 7) is 3.28. The number of carbonyl (C=O) groups is 2. The molecule has 2 heterocycles. The van der Waals surface area contributed by atoms with Gasteiger partial charge in [-0.05, 0) is 48.8 Å². The molecular weight excluding hydrogens is 455 g/mol. The summed E-state index contributed by atoms with van der Waals surface area (Å²) in [4.78, 5) is 40.2. The second-order valence-corrected chi connectivity index (χ2v) is 8.67. The molecule has 4 rings (SSSR count). The number of carboxylic acids is 1. The minimum absolute atomic E-state index is 0.00197. The van der Waals surface area contributed by atoms with Crippen molar-refractivity contribution in [3.05, 3.63) is 45.7 Å². The molecule has 4 N–H and O–H groups in total. The van der Waals surface area contributed by atoms with Crippen LogP contribution in [-0.4, -0.2) is 47.3 Å². The number of carbonyl (C=O) groups excluding carboxylic acids is 1. The van der Waals surface area contributed by atoms with Crippen molar-refractivity contribution in [1.82, 2.24) is 4.98 Å². The van der Waals surface area contributed by atoms with Gasteiger partial charge in [0, 0.05) is 30.4 Å². The normalized spacial score (nSPS) is 22.0. The van der Waals surface area contributed by atoms with Crippen LogP contribution in [0.3, 0.4) is 0 Å². The number of nitrogens with one attached hydrogen (secondary N) is 1. The second kappa shape index (κ2) is 8.79. The van der Waals surface area contributed by atoms with Crippen LogP contribution >= 0.6 is 0 Å². The lowest BCUT2D eigenvalue weighted by Gasteiger charge is -2.21. The SMILES string of the molecule is CCc1c(-c2ccc(N3C[C@H]4CC[C@H](N)[C@H]4C3)cc2)[nH]c(=O)c(C(=O)O)c1OC(=O)C(F)(F)F. The highest BCUT2D eigenvalue weighted by Gasteiger charge is 2.43. The van der Waals surface area contributed by atoms with E-state index in [1.54, 1.807) is 19.1 Å². The Balaban J connectivity index is 1.71. The lowest BCUT2D eigenvalue weighted by atomic mass is 9.98. The van der Waals surface area contributed by atoms with E-state index in [1.165, 1.54) is 0 Å². The quantitative estimate of drug-likeness (QED) is 0.563. The zero-order valence-corrected chi connectivity index (χ0v) is 18.3. The van der Waals surface area contributed by atoms with E-state index >= 15 is 0 Å². The molecule has 1 saturated carbocycles. The molecule has 0 spiro atoms. The van der Waals surface area contributed by atoms with E-state index < -0.39 is 35.0 Å². The van der Waals surface area contributed by atoms with Gasteiger partial charge in [0.05, 0.1) is 5.69 Å². The zero-order valence-electron chi connectivity index (χ0n) is 18.3. The maximum absolute atomic E-state index is 12.8. The number of pyridine rings is 1. The van der Waals surface area contributed by atoms with E-state index in [0.29, 0.717) is 17.4 Å². The molecule has 0 radical (unpaired) electrons. The van der Waals surface area contributed by atoms with Crippen molar-refractivity contribution in [1.29, 1.82) is 0 Å². The van der Waals surface area contributed by atoms with Crippen molar-refractivity contribution in [3.63, 3.8) is 0 Å². The van der Waals surface area contributed by atoms with Crippen molar-refractivity contribution in [2.75, 3.05) is 18.0 Å². The van der Waals surface area contributed by atoms with Gasteiger partial charge in [0.2, 0.25) is 0 Å². The topological polar surface area (TPSA) is 126 Å². The third kappa shape index (κ3) is 4.27. The number of aromatic carboxylic acids is 1. The number of aromatic nitrogens is 1. The molecular formula is C23H24F3N3O5. The predicted molar refractivity (Wildman–Crippen MR) is 117 cm³/mol.